The zero-order chi connectivity index (χ0) is 27.5. The van der Waals surface area contributed by atoms with E-state index >= 15 is 0 Å². The van der Waals surface area contributed by atoms with Gasteiger partial charge in [-0.25, -0.2) is 14.2 Å². The molecule has 2 amide bonds. The molecule has 0 unspecified atom stereocenters. The summed E-state index contributed by atoms with van der Waals surface area (Å²) in [5.74, 6) is -3.51. The number of carbonyl (C=O) groups excluding carboxylic acids is 2. The normalized spacial score (nSPS) is 13.1. The Bertz CT molecular complexity index is 1510. The van der Waals surface area contributed by atoms with E-state index in [4.69, 9.17) is 4.74 Å². The lowest BCUT2D eigenvalue weighted by Gasteiger charge is -2.27. The third-order valence-electron chi connectivity index (χ3n) is 6.55. The molecule has 9 heteroatoms. The quantitative estimate of drug-likeness (QED) is 0.384. The number of ether oxygens (including phenoxy) is 1. The number of pyridine rings is 1. The Morgan fingerprint density at radius 1 is 0.974 bits per heavy atom. The van der Waals surface area contributed by atoms with Crippen molar-refractivity contribution < 1.29 is 28.6 Å². The molecule has 0 bridgehead atoms. The standard InChI is InChI=1S/C30H24FN3O5/c1-33(29(36)28(19-8-4-2-5-9-19)20-10-6-3-7-11-20)25-16-32-26(15-23(25)30(37)38)34-24-14-22(31)13-12-21(24)17-39-18-27(34)35/h2-16,28H,17-18H2,1H3,(H,37,38). The molecule has 5 rings (SSSR count). The fourth-order valence-corrected chi connectivity index (χ4v) is 4.64. The number of rotatable bonds is 6. The molecule has 0 saturated carbocycles. The van der Waals surface area contributed by atoms with Crippen LogP contribution in [-0.4, -0.2) is 41.5 Å². The molecule has 0 spiro atoms. The summed E-state index contributed by atoms with van der Waals surface area (Å²) in [6, 6.07) is 23.5. The molecule has 1 aliphatic heterocycles. The molecular formula is C30H24FN3O5. The number of hydrogen-bond donors (Lipinski definition) is 1. The summed E-state index contributed by atoms with van der Waals surface area (Å²) >= 11 is 0. The minimum absolute atomic E-state index is 0.0259. The molecule has 0 saturated heterocycles. The molecule has 39 heavy (non-hydrogen) atoms. The first-order valence-corrected chi connectivity index (χ1v) is 12.1. The lowest BCUT2D eigenvalue weighted by atomic mass is 9.90. The number of benzene rings is 3. The van der Waals surface area contributed by atoms with E-state index in [0.717, 1.165) is 16.0 Å². The average Bonchev–Trinajstić information content (AvgIpc) is 3.11. The molecule has 1 aliphatic rings. The van der Waals surface area contributed by atoms with Crippen LogP contribution in [0.15, 0.2) is 91.1 Å². The number of aromatic carboxylic acids is 1. The van der Waals surface area contributed by atoms with Gasteiger partial charge in [0, 0.05) is 12.6 Å². The first-order valence-electron chi connectivity index (χ1n) is 12.1. The maximum atomic E-state index is 14.1. The number of fused-ring (bicyclic) bond motifs is 1. The van der Waals surface area contributed by atoms with E-state index in [0.29, 0.717) is 5.56 Å². The molecule has 3 aromatic carbocycles. The topological polar surface area (TPSA) is 100 Å². The van der Waals surface area contributed by atoms with Crippen molar-refractivity contribution >= 4 is 35.0 Å². The van der Waals surface area contributed by atoms with E-state index in [2.05, 4.69) is 4.98 Å². The highest BCUT2D eigenvalue weighted by molar-refractivity contribution is 6.07. The molecular weight excluding hydrogens is 501 g/mol. The minimum Gasteiger partial charge on any atom is -0.478 e. The van der Waals surface area contributed by atoms with Crippen LogP contribution < -0.4 is 9.80 Å². The van der Waals surface area contributed by atoms with E-state index in [1.165, 1.54) is 42.4 Å². The Morgan fingerprint density at radius 2 is 1.62 bits per heavy atom. The van der Waals surface area contributed by atoms with Crippen molar-refractivity contribution in [3.63, 3.8) is 0 Å². The summed E-state index contributed by atoms with van der Waals surface area (Å²) in [7, 11) is 1.49. The van der Waals surface area contributed by atoms with Crippen molar-refractivity contribution in [2.24, 2.45) is 0 Å². The first-order chi connectivity index (χ1) is 18.8. The first kappa shape index (κ1) is 25.7. The van der Waals surface area contributed by atoms with Crippen molar-refractivity contribution in [2.45, 2.75) is 12.5 Å². The second-order valence-electron chi connectivity index (χ2n) is 9.01. The predicted molar refractivity (Wildman–Crippen MR) is 143 cm³/mol. The molecule has 0 aliphatic carbocycles. The van der Waals surface area contributed by atoms with Gasteiger partial charge in [-0.05, 0) is 29.3 Å². The lowest BCUT2D eigenvalue weighted by molar-refractivity contribution is -0.122. The number of anilines is 3. The van der Waals surface area contributed by atoms with Crippen LogP contribution in [0.4, 0.5) is 21.6 Å². The number of amides is 2. The number of hydrogen-bond acceptors (Lipinski definition) is 5. The van der Waals surface area contributed by atoms with Crippen molar-refractivity contribution in [1.82, 2.24) is 4.98 Å². The Kier molecular flexibility index (Phi) is 7.16. The second kappa shape index (κ2) is 10.8. The number of nitrogens with zero attached hydrogens (tertiary/aromatic N) is 3. The van der Waals surface area contributed by atoms with Crippen molar-refractivity contribution in [3.05, 3.63) is 119 Å². The van der Waals surface area contributed by atoms with Crippen molar-refractivity contribution in [3.8, 4) is 0 Å². The highest BCUT2D eigenvalue weighted by Gasteiger charge is 2.31. The fraction of sp³-hybridized carbons (Fsp3) is 0.133. The number of likely N-dealkylation sites (N-methyl/N-ethyl adjacent to an activating group) is 1. The van der Waals surface area contributed by atoms with Crippen LogP contribution in [-0.2, 0) is 20.9 Å². The van der Waals surface area contributed by atoms with Gasteiger partial charge in [0.05, 0.1) is 35.7 Å². The van der Waals surface area contributed by atoms with Gasteiger partial charge in [0.1, 0.15) is 18.2 Å². The van der Waals surface area contributed by atoms with E-state index in [-0.39, 0.29) is 41.9 Å². The van der Waals surface area contributed by atoms with Crippen LogP contribution in [0, 0.1) is 5.82 Å². The van der Waals surface area contributed by atoms with Crippen LogP contribution >= 0.6 is 0 Å². The molecule has 1 N–H and O–H groups in total. The minimum atomic E-state index is -1.32. The van der Waals surface area contributed by atoms with Crippen molar-refractivity contribution in [1.29, 1.82) is 0 Å². The third-order valence-corrected chi connectivity index (χ3v) is 6.55. The molecule has 2 heterocycles. The van der Waals surface area contributed by atoms with Gasteiger partial charge in [0.15, 0.2) is 0 Å². The van der Waals surface area contributed by atoms with Gasteiger partial charge in [-0.15, -0.1) is 0 Å². The Balaban J connectivity index is 1.57. The number of carboxylic acids is 1. The van der Waals surface area contributed by atoms with Crippen LogP contribution in [0.2, 0.25) is 0 Å². The van der Waals surface area contributed by atoms with Crippen LogP contribution in [0.5, 0.6) is 0 Å². The Labute approximate surface area is 223 Å². The molecule has 8 nitrogen and oxygen atoms in total. The molecule has 196 valence electrons. The number of carboxylic acid groups (broad SMARTS) is 1. The highest BCUT2D eigenvalue weighted by Crippen LogP contribution is 2.35. The van der Waals surface area contributed by atoms with Crippen LogP contribution in [0.3, 0.4) is 0 Å². The SMILES string of the molecule is CN(C(=O)C(c1ccccc1)c1ccccc1)c1cnc(N2C(=O)COCc3ccc(F)cc32)cc1C(=O)O. The van der Waals surface area contributed by atoms with Crippen LogP contribution in [0.1, 0.15) is 33.0 Å². The fourth-order valence-electron chi connectivity index (χ4n) is 4.64. The molecule has 4 aromatic rings. The smallest absolute Gasteiger partial charge is 0.338 e. The monoisotopic (exact) mass is 525 g/mol. The summed E-state index contributed by atoms with van der Waals surface area (Å²) in [6.07, 6.45) is 1.24. The summed E-state index contributed by atoms with van der Waals surface area (Å²) in [4.78, 5) is 45.9. The van der Waals surface area contributed by atoms with Gasteiger partial charge in [-0.3, -0.25) is 14.5 Å². The molecule has 1 aromatic heterocycles. The maximum absolute atomic E-state index is 14.1. The van der Waals surface area contributed by atoms with Gasteiger partial charge in [0.2, 0.25) is 5.91 Å². The largest absolute Gasteiger partial charge is 0.478 e. The molecule has 0 atom stereocenters. The number of aromatic nitrogens is 1. The van der Waals surface area contributed by atoms with Gasteiger partial charge in [-0.2, -0.15) is 0 Å². The van der Waals surface area contributed by atoms with Crippen LogP contribution in [0.25, 0.3) is 0 Å². The zero-order valence-corrected chi connectivity index (χ0v) is 21.0. The van der Waals surface area contributed by atoms with E-state index < -0.39 is 23.6 Å². The highest BCUT2D eigenvalue weighted by atomic mass is 19.1. The summed E-state index contributed by atoms with van der Waals surface area (Å²) in [6.45, 7) is -0.213. The summed E-state index contributed by atoms with van der Waals surface area (Å²) in [5.41, 5.74) is 2.06. The average molecular weight is 526 g/mol. The van der Waals surface area contributed by atoms with Gasteiger partial charge >= 0.3 is 5.97 Å². The lowest BCUT2D eigenvalue weighted by Crippen LogP contribution is -2.34. The molecule has 0 radical (unpaired) electrons. The number of halogens is 1. The zero-order valence-electron chi connectivity index (χ0n) is 21.0. The van der Waals surface area contributed by atoms with Crippen molar-refractivity contribution in [2.75, 3.05) is 23.5 Å². The Hall–Kier alpha value is -4.89. The molecule has 0 fully saturated rings. The third kappa shape index (κ3) is 5.12. The van der Waals surface area contributed by atoms with Gasteiger partial charge in [-0.1, -0.05) is 66.7 Å². The summed E-state index contributed by atoms with van der Waals surface area (Å²) in [5, 5.41) is 10.1. The Morgan fingerprint density at radius 3 is 2.23 bits per heavy atom. The predicted octanol–water partition coefficient (Wildman–Crippen LogP) is 4.91. The maximum Gasteiger partial charge on any atom is 0.338 e. The van der Waals surface area contributed by atoms with E-state index in [9.17, 15) is 23.9 Å². The van der Waals surface area contributed by atoms with Gasteiger partial charge in [0.25, 0.3) is 5.91 Å². The summed E-state index contributed by atoms with van der Waals surface area (Å²) < 4.78 is 19.5. The second-order valence-corrected chi connectivity index (χ2v) is 9.01. The van der Waals surface area contributed by atoms with E-state index in [1.54, 1.807) is 0 Å². The van der Waals surface area contributed by atoms with Gasteiger partial charge < -0.3 is 14.7 Å². The number of carbonyl (C=O) groups is 3. The van der Waals surface area contributed by atoms with E-state index in [1.807, 2.05) is 60.7 Å².